The molecule has 3 aromatic rings. The van der Waals surface area contributed by atoms with Crippen LogP contribution < -0.4 is 5.32 Å². The topological polar surface area (TPSA) is 61.4 Å². The number of aromatic nitrogens is 2. The molecule has 6 nitrogen and oxygen atoms in total. The first kappa shape index (κ1) is 23.7. The quantitative estimate of drug-likeness (QED) is 0.598. The van der Waals surface area contributed by atoms with Crippen molar-refractivity contribution in [3.63, 3.8) is 0 Å². The summed E-state index contributed by atoms with van der Waals surface area (Å²) in [7, 11) is 2.04. The average Bonchev–Trinajstić information content (AvgIpc) is 2.82. The van der Waals surface area contributed by atoms with E-state index in [9.17, 15) is 18.0 Å². The SMILES string of the molecule is Cc1cc(NCc2cccc(C(F)(F)F)c2)nc(-c2ccc(C(=O)N3CCN(C)CC3)cc2)n1. The number of carbonyl (C=O) groups is 1. The van der Waals surface area contributed by atoms with Gasteiger partial charge in [0.1, 0.15) is 5.82 Å². The minimum Gasteiger partial charge on any atom is -0.366 e. The molecule has 178 valence electrons. The fraction of sp³-hybridized carbons (Fsp3) is 0.320. The lowest BCUT2D eigenvalue weighted by atomic mass is 10.1. The Bertz CT molecular complexity index is 1160. The second-order valence-electron chi connectivity index (χ2n) is 8.44. The van der Waals surface area contributed by atoms with Crippen LogP contribution >= 0.6 is 0 Å². The van der Waals surface area contributed by atoms with Crippen LogP contribution in [0.4, 0.5) is 19.0 Å². The molecule has 0 spiro atoms. The van der Waals surface area contributed by atoms with Crippen LogP contribution in [0, 0.1) is 6.92 Å². The smallest absolute Gasteiger partial charge is 0.366 e. The fourth-order valence-electron chi connectivity index (χ4n) is 3.79. The Hall–Kier alpha value is -3.46. The van der Waals surface area contributed by atoms with Crippen molar-refractivity contribution in [2.24, 2.45) is 0 Å². The molecule has 0 saturated carbocycles. The highest BCUT2D eigenvalue weighted by Gasteiger charge is 2.30. The van der Waals surface area contributed by atoms with Crippen molar-refractivity contribution < 1.29 is 18.0 Å². The van der Waals surface area contributed by atoms with Gasteiger partial charge < -0.3 is 15.1 Å². The Morgan fingerprint density at radius 1 is 1.00 bits per heavy atom. The van der Waals surface area contributed by atoms with Gasteiger partial charge in [0, 0.05) is 55.6 Å². The number of piperazine rings is 1. The average molecular weight is 470 g/mol. The molecule has 9 heteroatoms. The summed E-state index contributed by atoms with van der Waals surface area (Å²) in [4.78, 5) is 25.8. The van der Waals surface area contributed by atoms with E-state index in [1.54, 1.807) is 24.3 Å². The number of likely N-dealkylation sites (N-methyl/N-ethyl adjacent to an activating group) is 1. The number of anilines is 1. The number of nitrogens with zero attached hydrogens (tertiary/aromatic N) is 4. The maximum absolute atomic E-state index is 13.0. The maximum atomic E-state index is 13.0. The summed E-state index contributed by atoms with van der Waals surface area (Å²) in [5.41, 5.74) is 1.90. The summed E-state index contributed by atoms with van der Waals surface area (Å²) in [6, 6.07) is 14.1. The summed E-state index contributed by atoms with van der Waals surface area (Å²) in [6.45, 7) is 5.15. The summed E-state index contributed by atoms with van der Waals surface area (Å²) in [5, 5.41) is 3.08. The third kappa shape index (κ3) is 5.72. The van der Waals surface area contributed by atoms with Gasteiger partial charge in [-0.15, -0.1) is 0 Å². The Labute approximate surface area is 196 Å². The Balaban J connectivity index is 1.46. The van der Waals surface area contributed by atoms with Gasteiger partial charge in [0.25, 0.3) is 5.91 Å². The molecule has 1 saturated heterocycles. The highest BCUT2D eigenvalue weighted by atomic mass is 19.4. The molecule has 1 amide bonds. The van der Waals surface area contributed by atoms with E-state index >= 15 is 0 Å². The molecule has 1 N–H and O–H groups in total. The van der Waals surface area contributed by atoms with E-state index in [4.69, 9.17) is 0 Å². The van der Waals surface area contributed by atoms with Gasteiger partial charge in [0.15, 0.2) is 5.82 Å². The lowest BCUT2D eigenvalue weighted by molar-refractivity contribution is -0.137. The lowest BCUT2D eigenvalue weighted by Gasteiger charge is -2.32. The molecule has 0 bridgehead atoms. The van der Waals surface area contributed by atoms with E-state index in [0.717, 1.165) is 30.8 Å². The zero-order chi connectivity index (χ0) is 24.3. The number of hydrogen-bond acceptors (Lipinski definition) is 5. The van der Waals surface area contributed by atoms with Gasteiger partial charge in [0.2, 0.25) is 0 Å². The summed E-state index contributed by atoms with van der Waals surface area (Å²) in [5.74, 6) is 0.996. The van der Waals surface area contributed by atoms with Gasteiger partial charge in [-0.3, -0.25) is 4.79 Å². The van der Waals surface area contributed by atoms with Crippen LogP contribution in [0.3, 0.4) is 0 Å². The van der Waals surface area contributed by atoms with Gasteiger partial charge in [0.05, 0.1) is 5.56 Å². The molecule has 0 unspecified atom stereocenters. The summed E-state index contributed by atoms with van der Waals surface area (Å²) < 4.78 is 38.9. The summed E-state index contributed by atoms with van der Waals surface area (Å²) in [6.07, 6.45) is -4.38. The van der Waals surface area contributed by atoms with Crippen molar-refractivity contribution in [1.29, 1.82) is 0 Å². The minimum atomic E-state index is -4.38. The highest BCUT2D eigenvalue weighted by molar-refractivity contribution is 5.94. The second-order valence-corrected chi connectivity index (χ2v) is 8.44. The van der Waals surface area contributed by atoms with Crippen LogP contribution in [0.5, 0.6) is 0 Å². The molecular weight excluding hydrogens is 443 g/mol. The first-order chi connectivity index (χ1) is 16.2. The van der Waals surface area contributed by atoms with Crippen molar-refractivity contribution in [3.8, 4) is 11.4 Å². The molecule has 1 aromatic heterocycles. The molecule has 4 rings (SSSR count). The van der Waals surface area contributed by atoms with E-state index < -0.39 is 11.7 Å². The first-order valence-electron chi connectivity index (χ1n) is 11.0. The maximum Gasteiger partial charge on any atom is 0.416 e. The van der Waals surface area contributed by atoms with Crippen LogP contribution in [-0.4, -0.2) is 58.9 Å². The molecular formula is C25H26F3N5O. The number of hydrogen-bond donors (Lipinski definition) is 1. The lowest BCUT2D eigenvalue weighted by Crippen LogP contribution is -2.47. The van der Waals surface area contributed by atoms with E-state index in [1.165, 1.54) is 6.07 Å². The Morgan fingerprint density at radius 3 is 2.38 bits per heavy atom. The van der Waals surface area contributed by atoms with Crippen molar-refractivity contribution in [1.82, 2.24) is 19.8 Å². The van der Waals surface area contributed by atoms with Gasteiger partial charge in [-0.1, -0.05) is 24.3 Å². The Kier molecular flexibility index (Phi) is 6.83. The minimum absolute atomic E-state index is 0.00764. The normalized spacial score (nSPS) is 14.8. The van der Waals surface area contributed by atoms with Crippen LogP contribution in [0.1, 0.15) is 27.2 Å². The standard InChI is InChI=1S/C25H26F3N5O/c1-17-14-22(29-16-18-4-3-5-21(15-18)25(26,27)28)31-23(30-17)19-6-8-20(9-7-19)24(34)33-12-10-32(2)11-13-33/h3-9,14-15H,10-13,16H2,1-2H3,(H,29,30,31). The molecule has 34 heavy (non-hydrogen) atoms. The molecule has 0 radical (unpaired) electrons. The zero-order valence-electron chi connectivity index (χ0n) is 19.1. The Morgan fingerprint density at radius 2 is 1.71 bits per heavy atom. The number of aryl methyl sites for hydroxylation is 1. The predicted octanol–water partition coefficient (Wildman–Crippen LogP) is 4.47. The van der Waals surface area contributed by atoms with Gasteiger partial charge >= 0.3 is 6.18 Å². The molecule has 1 fully saturated rings. The number of halogens is 3. The van der Waals surface area contributed by atoms with Gasteiger partial charge in [-0.05, 0) is 43.8 Å². The number of rotatable bonds is 5. The second kappa shape index (κ2) is 9.80. The van der Waals surface area contributed by atoms with Crippen LogP contribution in [0.15, 0.2) is 54.6 Å². The largest absolute Gasteiger partial charge is 0.416 e. The van der Waals surface area contributed by atoms with Crippen molar-refractivity contribution >= 4 is 11.7 Å². The van der Waals surface area contributed by atoms with Crippen molar-refractivity contribution in [2.75, 3.05) is 38.5 Å². The number of carbonyl (C=O) groups excluding carboxylic acids is 1. The third-order valence-corrected chi connectivity index (χ3v) is 5.76. The molecule has 2 aromatic carbocycles. The number of benzene rings is 2. The fourth-order valence-corrected chi connectivity index (χ4v) is 3.79. The number of amides is 1. The zero-order valence-corrected chi connectivity index (χ0v) is 19.1. The van der Waals surface area contributed by atoms with Crippen molar-refractivity contribution in [3.05, 3.63) is 77.0 Å². The van der Waals surface area contributed by atoms with Crippen LogP contribution in [0.25, 0.3) is 11.4 Å². The number of nitrogens with one attached hydrogen (secondary N) is 1. The van der Waals surface area contributed by atoms with Gasteiger partial charge in [-0.25, -0.2) is 9.97 Å². The monoisotopic (exact) mass is 469 g/mol. The molecule has 1 aliphatic heterocycles. The third-order valence-electron chi connectivity index (χ3n) is 5.76. The van der Waals surface area contributed by atoms with Crippen LogP contribution in [-0.2, 0) is 12.7 Å². The molecule has 0 atom stereocenters. The van der Waals surface area contributed by atoms with E-state index in [0.29, 0.717) is 41.6 Å². The molecule has 1 aliphatic rings. The van der Waals surface area contributed by atoms with E-state index in [-0.39, 0.29) is 12.5 Å². The number of alkyl halides is 3. The van der Waals surface area contributed by atoms with E-state index in [2.05, 4.69) is 20.2 Å². The first-order valence-corrected chi connectivity index (χ1v) is 11.0. The summed E-state index contributed by atoms with van der Waals surface area (Å²) >= 11 is 0. The molecule has 2 heterocycles. The van der Waals surface area contributed by atoms with Crippen LogP contribution in [0.2, 0.25) is 0 Å². The predicted molar refractivity (Wildman–Crippen MR) is 124 cm³/mol. The highest BCUT2D eigenvalue weighted by Crippen LogP contribution is 2.29. The van der Waals surface area contributed by atoms with Crippen molar-refractivity contribution in [2.45, 2.75) is 19.6 Å². The van der Waals surface area contributed by atoms with Gasteiger partial charge in [-0.2, -0.15) is 13.2 Å². The molecule has 0 aliphatic carbocycles. The van der Waals surface area contributed by atoms with E-state index in [1.807, 2.05) is 31.0 Å².